The minimum absolute atomic E-state index is 0.0811. The van der Waals surface area contributed by atoms with E-state index in [1.165, 1.54) is 0 Å². The average Bonchev–Trinajstić information content (AvgIpc) is 2.39. The topological polar surface area (TPSA) is 76.5 Å². The summed E-state index contributed by atoms with van der Waals surface area (Å²) in [6.07, 6.45) is 0. The smallest absolute Gasteiger partial charge is 0.351 e. The Labute approximate surface area is 110 Å². The molecule has 5 heteroatoms. The quantitative estimate of drug-likeness (QED) is 0.849. The van der Waals surface area contributed by atoms with Crippen LogP contribution in [0.4, 0.5) is 5.69 Å². The van der Waals surface area contributed by atoms with Gasteiger partial charge in [-0.05, 0) is 26.0 Å². The summed E-state index contributed by atoms with van der Waals surface area (Å²) >= 11 is 0. The van der Waals surface area contributed by atoms with E-state index >= 15 is 0 Å². The third-order valence-corrected chi connectivity index (χ3v) is 3.11. The van der Waals surface area contributed by atoms with Crippen LogP contribution in [0.2, 0.25) is 0 Å². The second kappa shape index (κ2) is 5.14. The zero-order chi connectivity index (χ0) is 14.0. The van der Waals surface area contributed by atoms with Crippen LogP contribution in [0.15, 0.2) is 33.5 Å². The monoisotopic (exact) mass is 260 g/mol. The number of carbonyl (C=O) groups is 1. The molecule has 0 aliphatic rings. The Kier molecular flexibility index (Phi) is 3.55. The molecule has 2 rings (SSSR count). The third kappa shape index (κ3) is 2.19. The van der Waals surface area contributed by atoms with E-state index in [-0.39, 0.29) is 5.56 Å². The van der Waals surface area contributed by atoms with E-state index in [1.54, 1.807) is 12.1 Å². The lowest BCUT2D eigenvalue weighted by atomic mass is 10.1. The number of nitrogens with two attached hydrogens (primary N) is 1. The molecule has 0 saturated carbocycles. The lowest BCUT2D eigenvalue weighted by molar-refractivity contribution is 0.0997. The maximum atomic E-state index is 11.9. The van der Waals surface area contributed by atoms with Crippen molar-refractivity contribution in [2.45, 2.75) is 13.8 Å². The molecule has 0 aliphatic heterocycles. The predicted molar refractivity (Wildman–Crippen MR) is 74.6 cm³/mol. The van der Waals surface area contributed by atoms with E-state index < -0.39 is 11.5 Å². The molecule has 1 amide bonds. The fraction of sp³-hybridized carbons (Fsp3) is 0.286. The molecular formula is C14H16N2O3. The predicted octanol–water partition coefficient (Wildman–Crippen LogP) is 1.74. The van der Waals surface area contributed by atoms with Crippen molar-refractivity contribution in [2.75, 3.05) is 18.0 Å². The van der Waals surface area contributed by atoms with Gasteiger partial charge in [-0.25, -0.2) is 4.79 Å². The molecule has 0 atom stereocenters. The van der Waals surface area contributed by atoms with Gasteiger partial charge in [-0.2, -0.15) is 0 Å². The van der Waals surface area contributed by atoms with Crippen molar-refractivity contribution in [1.82, 2.24) is 0 Å². The number of para-hydroxylation sites is 1. The second-order valence-corrected chi connectivity index (χ2v) is 4.15. The molecule has 100 valence electrons. The Morgan fingerprint density at radius 3 is 2.47 bits per heavy atom. The van der Waals surface area contributed by atoms with Crippen LogP contribution in [0.5, 0.6) is 0 Å². The van der Waals surface area contributed by atoms with Crippen LogP contribution in [-0.4, -0.2) is 19.0 Å². The zero-order valence-electron chi connectivity index (χ0n) is 11.0. The minimum atomic E-state index is -0.763. The Morgan fingerprint density at radius 2 is 1.89 bits per heavy atom. The summed E-state index contributed by atoms with van der Waals surface area (Å²) in [5.74, 6) is -0.763. The van der Waals surface area contributed by atoms with Crippen LogP contribution < -0.4 is 16.3 Å². The molecule has 1 aromatic carbocycles. The lowest BCUT2D eigenvalue weighted by Gasteiger charge is -2.23. The molecule has 1 aromatic heterocycles. The molecule has 1 heterocycles. The maximum Gasteiger partial charge on any atom is 0.351 e. The van der Waals surface area contributed by atoms with Crippen molar-refractivity contribution in [3.05, 3.63) is 40.2 Å². The molecule has 0 unspecified atom stereocenters. The second-order valence-electron chi connectivity index (χ2n) is 4.15. The van der Waals surface area contributed by atoms with Crippen molar-refractivity contribution < 1.29 is 9.21 Å². The Hall–Kier alpha value is -2.30. The highest BCUT2D eigenvalue weighted by Crippen LogP contribution is 2.28. The first-order valence-electron chi connectivity index (χ1n) is 6.20. The fourth-order valence-electron chi connectivity index (χ4n) is 2.22. The normalized spacial score (nSPS) is 10.6. The van der Waals surface area contributed by atoms with Crippen LogP contribution in [0, 0.1) is 0 Å². The van der Waals surface area contributed by atoms with Gasteiger partial charge in [0.1, 0.15) is 11.1 Å². The van der Waals surface area contributed by atoms with Gasteiger partial charge in [0.05, 0.1) is 5.69 Å². The highest BCUT2D eigenvalue weighted by atomic mass is 16.4. The number of nitrogens with zero attached hydrogens (tertiary/aromatic N) is 1. The van der Waals surface area contributed by atoms with Crippen molar-refractivity contribution in [1.29, 1.82) is 0 Å². The van der Waals surface area contributed by atoms with Gasteiger partial charge in [0.2, 0.25) is 0 Å². The Bertz CT molecular complexity index is 672. The first-order chi connectivity index (χ1) is 9.10. The number of rotatable bonds is 4. The van der Waals surface area contributed by atoms with E-state index in [4.69, 9.17) is 10.2 Å². The number of primary amides is 1. The molecule has 0 spiro atoms. The number of hydrogen-bond acceptors (Lipinski definition) is 4. The molecule has 2 aromatic rings. The van der Waals surface area contributed by atoms with E-state index in [0.29, 0.717) is 24.4 Å². The fourth-order valence-corrected chi connectivity index (χ4v) is 2.22. The van der Waals surface area contributed by atoms with Crippen LogP contribution in [0.1, 0.15) is 24.2 Å². The van der Waals surface area contributed by atoms with Crippen molar-refractivity contribution >= 4 is 22.6 Å². The summed E-state index contributed by atoms with van der Waals surface area (Å²) in [6.45, 7) is 5.25. The molecule has 2 N–H and O–H groups in total. The standard InChI is InChI=1S/C14H16N2O3/c1-3-16(4-2)12-9-7-5-6-8-10(9)19-14(18)11(12)13(15)17/h5-8H,3-4H2,1-2H3,(H2,15,17). The zero-order valence-corrected chi connectivity index (χ0v) is 11.0. The Balaban J connectivity index is 2.92. The molecule has 0 fully saturated rings. The summed E-state index contributed by atoms with van der Waals surface area (Å²) in [4.78, 5) is 25.4. The van der Waals surface area contributed by atoms with Gasteiger partial charge < -0.3 is 15.1 Å². The van der Waals surface area contributed by atoms with E-state index in [9.17, 15) is 9.59 Å². The van der Waals surface area contributed by atoms with Crippen LogP contribution in [0.3, 0.4) is 0 Å². The van der Waals surface area contributed by atoms with Gasteiger partial charge >= 0.3 is 5.63 Å². The minimum Gasteiger partial charge on any atom is -0.422 e. The van der Waals surface area contributed by atoms with Gasteiger partial charge in [-0.3, -0.25) is 4.79 Å². The number of hydrogen-bond donors (Lipinski definition) is 1. The third-order valence-electron chi connectivity index (χ3n) is 3.11. The van der Waals surface area contributed by atoms with Gasteiger partial charge in [0.25, 0.3) is 5.91 Å². The van der Waals surface area contributed by atoms with Crippen molar-refractivity contribution in [3.63, 3.8) is 0 Å². The van der Waals surface area contributed by atoms with Gasteiger partial charge in [-0.1, -0.05) is 12.1 Å². The van der Waals surface area contributed by atoms with Gasteiger partial charge in [0.15, 0.2) is 0 Å². The van der Waals surface area contributed by atoms with E-state index in [0.717, 1.165) is 5.39 Å². The summed E-state index contributed by atoms with van der Waals surface area (Å²) in [5.41, 5.74) is 5.58. The molecule has 19 heavy (non-hydrogen) atoms. The number of benzene rings is 1. The molecule has 0 radical (unpaired) electrons. The van der Waals surface area contributed by atoms with Crippen LogP contribution in [-0.2, 0) is 0 Å². The van der Waals surface area contributed by atoms with Gasteiger partial charge in [0, 0.05) is 18.5 Å². The summed E-state index contributed by atoms with van der Waals surface area (Å²) < 4.78 is 5.15. The van der Waals surface area contributed by atoms with Gasteiger partial charge in [-0.15, -0.1) is 0 Å². The molecule has 0 saturated heterocycles. The van der Waals surface area contributed by atoms with Crippen molar-refractivity contribution in [3.8, 4) is 0 Å². The SMILES string of the molecule is CCN(CC)c1c(C(N)=O)c(=O)oc2ccccc12. The first-order valence-corrected chi connectivity index (χ1v) is 6.20. The summed E-state index contributed by atoms with van der Waals surface area (Å²) in [6, 6.07) is 7.13. The number of fused-ring (bicyclic) bond motifs is 1. The largest absolute Gasteiger partial charge is 0.422 e. The highest BCUT2D eigenvalue weighted by Gasteiger charge is 2.21. The Morgan fingerprint density at radius 1 is 1.26 bits per heavy atom. The van der Waals surface area contributed by atoms with E-state index in [1.807, 2.05) is 30.9 Å². The lowest BCUT2D eigenvalue weighted by Crippen LogP contribution is -2.30. The molecule has 0 aliphatic carbocycles. The molecule has 5 nitrogen and oxygen atoms in total. The van der Waals surface area contributed by atoms with Crippen LogP contribution in [0.25, 0.3) is 11.0 Å². The summed E-state index contributed by atoms with van der Waals surface area (Å²) in [7, 11) is 0. The van der Waals surface area contributed by atoms with Crippen LogP contribution >= 0.6 is 0 Å². The maximum absolute atomic E-state index is 11.9. The molecular weight excluding hydrogens is 244 g/mol. The summed E-state index contributed by atoms with van der Waals surface area (Å²) in [5, 5.41) is 0.722. The molecule has 0 bridgehead atoms. The highest BCUT2D eigenvalue weighted by molar-refractivity contribution is 6.05. The van der Waals surface area contributed by atoms with E-state index in [2.05, 4.69) is 0 Å². The number of anilines is 1. The van der Waals surface area contributed by atoms with Crippen molar-refractivity contribution in [2.24, 2.45) is 5.73 Å². The number of amides is 1. The first kappa shape index (κ1) is 13.1. The average molecular weight is 260 g/mol. The number of carbonyl (C=O) groups excluding carboxylic acids is 1.